The molecule has 33 heavy (non-hydrogen) atoms. The molecule has 0 saturated heterocycles. The fourth-order valence-corrected chi connectivity index (χ4v) is 4.82. The Kier molecular flexibility index (Phi) is 5.87. The van der Waals surface area contributed by atoms with Gasteiger partial charge in [0.25, 0.3) is 5.56 Å². The lowest BCUT2D eigenvalue weighted by molar-refractivity contribution is 0.765. The summed E-state index contributed by atoms with van der Waals surface area (Å²) < 4.78 is 1.69. The Balaban J connectivity index is 1.64. The van der Waals surface area contributed by atoms with Gasteiger partial charge in [-0.05, 0) is 42.5 Å². The molecule has 0 fully saturated rings. The molecule has 0 N–H and O–H groups in total. The maximum absolute atomic E-state index is 13.4. The molecule has 0 spiro atoms. The average molecular weight is 473 g/mol. The van der Waals surface area contributed by atoms with Gasteiger partial charge >= 0.3 is 0 Å². The number of hydrogen-bond donors (Lipinski definition) is 0. The van der Waals surface area contributed by atoms with E-state index in [9.17, 15) is 4.79 Å². The molecule has 0 amide bonds. The van der Waals surface area contributed by atoms with Gasteiger partial charge in [-0.1, -0.05) is 67.5 Å². The summed E-state index contributed by atoms with van der Waals surface area (Å²) in [6.45, 7) is 4.15. The third kappa shape index (κ3) is 4.24. The van der Waals surface area contributed by atoms with Gasteiger partial charge in [0.1, 0.15) is 16.7 Å². The minimum Gasteiger partial charge on any atom is -0.268 e. The van der Waals surface area contributed by atoms with Gasteiger partial charge in [0.2, 0.25) is 0 Å². The van der Waals surface area contributed by atoms with E-state index < -0.39 is 0 Å². The first-order valence-corrected chi connectivity index (χ1v) is 12.0. The summed E-state index contributed by atoms with van der Waals surface area (Å²) in [5, 5.41) is 2.95. The summed E-state index contributed by atoms with van der Waals surface area (Å²) in [6, 6.07) is 22.7. The zero-order chi connectivity index (χ0) is 22.9. The van der Waals surface area contributed by atoms with Crippen molar-refractivity contribution in [1.82, 2.24) is 19.5 Å². The highest BCUT2D eigenvalue weighted by Gasteiger charge is 2.16. The number of nitrogens with zero attached hydrogens (tertiary/aromatic N) is 4. The summed E-state index contributed by atoms with van der Waals surface area (Å²) in [5.74, 6) is 2.09. The zero-order valence-electron chi connectivity index (χ0n) is 18.2. The molecule has 0 unspecified atom stereocenters. The van der Waals surface area contributed by atoms with E-state index in [0.717, 1.165) is 27.4 Å². The van der Waals surface area contributed by atoms with Crippen molar-refractivity contribution >= 4 is 45.2 Å². The van der Waals surface area contributed by atoms with Crippen molar-refractivity contribution < 1.29 is 0 Å². The largest absolute Gasteiger partial charge is 0.268 e. The predicted octanol–water partition coefficient (Wildman–Crippen LogP) is 6.40. The van der Waals surface area contributed by atoms with Crippen LogP contribution in [0, 0.1) is 0 Å². The van der Waals surface area contributed by atoms with E-state index in [0.29, 0.717) is 27.5 Å². The molecule has 0 aliphatic rings. The molecule has 0 aliphatic carbocycles. The quantitative estimate of drug-likeness (QED) is 0.219. The number of thioether (sulfide) groups is 1. The number of hydrogen-bond acceptors (Lipinski definition) is 5. The monoisotopic (exact) mass is 472 g/mol. The van der Waals surface area contributed by atoms with Crippen LogP contribution in [0.5, 0.6) is 0 Å². The second-order valence-electron chi connectivity index (χ2n) is 8.01. The van der Waals surface area contributed by atoms with Crippen molar-refractivity contribution in [3.05, 3.63) is 99.8 Å². The molecule has 5 aromatic rings. The van der Waals surface area contributed by atoms with Crippen molar-refractivity contribution in [2.75, 3.05) is 0 Å². The van der Waals surface area contributed by atoms with Crippen LogP contribution in [-0.2, 0) is 5.75 Å². The van der Waals surface area contributed by atoms with Gasteiger partial charge in [0.05, 0.1) is 27.9 Å². The van der Waals surface area contributed by atoms with E-state index in [4.69, 9.17) is 26.6 Å². The van der Waals surface area contributed by atoms with Gasteiger partial charge in [-0.3, -0.25) is 9.36 Å². The molecule has 0 bridgehead atoms. The van der Waals surface area contributed by atoms with Crippen LogP contribution in [0.1, 0.15) is 31.4 Å². The van der Waals surface area contributed by atoms with Crippen LogP contribution in [-0.4, -0.2) is 19.5 Å². The van der Waals surface area contributed by atoms with Crippen LogP contribution in [0.15, 0.2) is 82.6 Å². The summed E-state index contributed by atoms with van der Waals surface area (Å²) in [4.78, 5) is 27.8. The summed E-state index contributed by atoms with van der Waals surface area (Å²) in [5.41, 5.74) is 2.24. The molecule has 3 aromatic carbocycles. The molecule has 0 aliphatic heterocycles. The standard InChI is InChI=1S/C26H21ClN4OS/c1-16(2)24-29-22-13-12-17(27)14-20(22)25(30-24)33-15-23-28-21-11-7-6-10-19(21)26(32)31(23)18-8-4-3-5-9-18/h3-14,16H,15H2,1-2H3. The van der Waals surface area contributed by atoms with E-state index in [2.05, 4.69) is 13.8 Å². The molecule has 5 nitrogen and oxygen atoms in total. The number of halogens is 1. The highest BCUT2D eigenvalue weighted by atomic mass is 35.5. The average Bonchev–Trinajstić information content (AvgIpc) is 2.83. The lowest BCUT2D eigenvalue weighted by Gasteiger charge is -2.14. The molecule has 0 atom stereocenters. The van der Waals surface area contributed by atoms with E-state index >= 15 is 0 Å². The van der Waals surface area contributed by atoms with Gasteiger partial charge in [0, 0.05) is 16.3 Å². The molecule has 5 rings (SSSR count). The first kappa shape index (κ1) is 21.6. The Morgan fingerprint density at radius 1 is 0.879 bits per heavy atom. The molecule has 164 valence electrons. The second-order valence-corrected chi connectivity index (χ2v) is 9.41. The van der Waals surface area contributed by atoms with E-state index in [1.165, 1.54) is 11.8 Å². The minimum absolute atomic E-state index is 0.0825. The first-order valence-electron chi connectivity index (χ1n) is 10.7. The van der Waals surface area contributed by atoms with Crippen molar-refractivity contribution in [3.63, 3.8) is 0 Å². The Bertz CT molecular complexity index is 1530. The number of para-hydroxylation sites is 2. The minimum atomic E-state index is -0.0825. The highest BCUT2D eigenvalue weighted by Crippen LogP contribution is 2.31. The number of fused-ring (bicyclic) bond motifs is 2. The van der Waals surface area contributed by atoms with Crippen molar-refractivity contribution in [2.45, 2.75) is 30.5 Å². The zero-order valence-corrected chi connectivity index (χ0v) is 19.8. The SMILES string of the molecule is CC(C)c1nc(SCc2nc3ccccc3c(=O)n2-c2ccccc2)c2cc(Cl)ccc2n1. The van der Waals surface area contributed by atoms with E-state index in [1.807, 2.05) is 72.8 Å². The van der Waals surface area contributed by atoms with Gasteiger partial charge in [-0.15, -0.1) is 0 Å². The van der Waals surface area contributed by atoms with Crippen LogP contribution in [0.2, 0.25) is 5.02 Å². The summed E-state index contributed by atoms with van der Waals surface area (Å²) >= 11 is 7.82. The molecule has 7 heteroatoms. The third-order valence-electron chi connectivity index (χ3n) is 5.35. The van der Waals surface area contributed by atoms with Crippen LogP contribution in [0.4, 0.5) is 0 Å². The van der Waals surface area contributed by atoms with Gasteiger partial charge < -0.3 is 0 Å². The lowest BCUT2D eigenvalue weighted by atomic mass is 10.2. The highest BCUT2D eigenvalue weighted by molar-refractivity contribution is 7.98. The molecule has 2 aromatic heterocycles. The lowest BCUT2D eigenvalue weighted by Crippen LogP contribution is -2.23. The van der Waals surface area contributed by atoms with Crippen molar-refractivity contribution in [2.24, 2.45) is 0 Å². The maximum Gasteiger partial charge on any atom is 0.265 e. The molecule has 2 heterocycles. The summed E-state index contributed by atoms with van der Waals surface area (Å²) in [6.07, 6.45) is 0. The normalized spacial score (nSPS) is 11.5. The second kappa shape index (κ2) is 8.96. The van der Waals surface area contributed by atoms with Crippen LogP contribution in [0.25, 0.3) is 27.5 Å². The van der Waals surface area contributed by atoms with E-state index in [1.54, 1.807) is 4.57 Å². The van der Waals surface area contributed by atoms with Crippen molar-refractivity contribution in [1.29, 1.82) is 0 Å². The molecule has 0 saturated carbocycles. The maximum atomic E-state index is 13.4. The summed E-state index contributed by atoms with van der Waals surface area (Å²) in [7, 11) is 0. The fraction of sp³-hybridized carbons (Fsp3) is 0.154. The third-order valence-corrected chi connectivity index (χ3v) is 6.58. The van der Waals surface area contributed by atoms with E-state index in [-0.39, 0.29) is 11.5 Å². The Morgan fingerprint density at radius 3 is 2.39 bits per heavy atom. The Morgan fingerprint density at radius 2 is 1.61 bits per heavy atom. The Hall–Kier alpha value is -3.22. The molecular formula is C26H21ClN4OS. The predicted molar refractivity (Wildman–Crippen MR) is 136 cm³/mol. The van der Waals surface area contributed by atoms with Crippen LogP contribution >= 0.6 is 23.4 Å². The molecule has 0 radical (unpaired) electrons. The first-order chi connectivity index (χ1) is 16.0. The van der Waals surface area contributed by atoms with Crippen LogP contribution < -0.4 is 5.56 Å². The number of aromatic nitrogens is 4. The van der Waals surface area contributed by atoms with Crippen LogP contribution in [0.3, 0.4) is 0 Å². The van der Waals surface area contributed by atoms with Crippen molar-refractivity contribution in [3.8, 4) is 5.69 Å². The smallest absolute Gasteiger partial charge is 0.265 e. The van der Waals surface area contributed by atoms with Gasteiger partial charge in [-0.25, -0.2) is 15.0 Å². The molecular weight excluding hydrogens is 452 g/mol. The van der Waals surface area contributed by atoms with Gasteiger partial charge in [-0.2, -0.15) is 0 Å². The number of benzene rings is 3. The number of rotatable bonds is 5. The topological polar surface area (TPSA) is 60.7 Å². The van der Waals surface area contributed by atoms with Gasteiger partial charge in [0.15, 0.2) is 0 Å². The fourth-order valence-electron chi connectivity index (χ4n) is 3.71. The Labute approximate surface area is 200 Å².